The first-order valence-corrected chi connectivity index (χ1v) is 13.2. The van der Waals surface area contributed by atoms with E-state index in [0.717, 1.165) is 28.0 Å². The van der Waals surface area contributed by atoms with Gasteiger partial charge in [0.05, 0.1) is 30.0 Å². The highest BCUT2D eigenvalue weighted by Crippen LogP contribution is 2.46. The molecule has 1 aromatic carbocycles. The summed E-state index contributed by atoms with van der Waals surface area (Å²) in [4.78, 5) is 25.9. The predicted molar refractivity (Wildman–Crippen MR) is 148 cm³/mol. The molecule has 1 saturated heterocycles. The van der Waals surface area contributed by atoms with E-state index in [4.69, 9.17) is 21.3 Å². The van der Waals surface area contributed by atoms with E-state index in [0.29, 0.717) is 36.9 Å². The van der Waals surface area contributed by atoms with Gasteiger partial charge in [0.25, 0.3) is 0 Å². The van der Waals surface area contributed by atoms with Gasteiger partial charge in [-0.3, -0.25) is 9.88 Å². The second-order valence-corrected chi connectivity index (χ2v) is 11.6. The third kappa shape index (κ3) is 4.96. The van der Waals surface area contributed by atoms with E-state index in [-0.39, 0.29) is 12.1 Å². The van der Waals surface area contributed by atoms with Crippen molar-refractivity contribution >= 4 is 29.3 Å². The highest BCUT2D eigenvalue weighted by molar-refractivity contribution is 6.30. The Morgan fingerprint density at radius 1 is 1.13 bits per heavy atom. The van der Waals surface area contributed by atoms with Gasteiger partial charge in [-0.15, -0.1) is 0 Å². The van der Waals surface area contributed by atoms with E-state index in [2.05, 4.69) is 9.88 Å². The van der Waals surface area contributed by atoms with E-state index in [1.807, 2.05) is 68.8 Å². The number of hydrogen-bond donors (Lipinski definition) is 1. The number of carbonyl (C=O) groups excluding carboxylic acids is 1. The number of pyridine rings is 1. The number of carbonyl (C=O) groups is 1. The van der Waals surface area contributed by atoms with E-state index >= 15 is 0 Å². The van der Waals surface area contributed by atoms with E-state index < -0.39 is 11.2 Å². The molecule has 38 heavy (non-hydrogen) atoms. The van der Waals surface area contributed by atoms with Crippen molar-refractivity contribution in [3.05, 3.63) is 82.2 Å². The minimum absolute atomic E-state index is 0.185. The van der Waals surface area contributed by atoms with E-state index in [1.54, 1.807) is 30.5 Å². The molecule has 0 radical (unpaired) electrons. The van der Waals surface area contributed by atoms with Crippen LogP contribution in [-0.2, 0) is 17.4 Å². The van der Waals surface area contributed by atoms with Gasteiger partial charge in [0.1, 0.15) is 11.2 Å². The molecular weight excluding hydrogens is 502 g/mol. The average molecular weight is 536 g/mol. The summed E-state index contributed by atoms with van der Waals surface area (Å²) in [5.41, 5.74) is 3.21. The smallest absolute Gasteiger partial charge is 0.410 e. The molecule has 3 aromatic rings. The summed E-state index contributed by atoms with van der Waals surface area (Å²) in [6, 6.07) is 9.58. The molecule has 1 aliphatic carbocycles. The molecule has 2 aromatic heterocycles. The zero-order chi connectivity index (χ0) is 27.2. The molecule has 200 valence electrons. The van der Waals surface area contributed by atoms with Crippen molar-refractivity contribution in [2.24, 2.45) is 7.05 Å². The maximum absolute atomic E-state index is 12.7. The Morgan fingerprint density at radius 3 is 2.53 bits per heavy atom. The summed E-state index contributed by atoms with van der Waals surface area (Å²) in [6.45, 7) is 9.81. The zero-order valence-corrected chi connectivity index (χ0v) is 23.2. The fraction of sp³-hybridized carbons (Fsp3) is 0.414. The third-order valence-electron chi connectivity index (χ3n) is 7.20. The Balaban J connectivity index is 1.57. The monoisotopic (exact) mass is 535 g/mol. The van der Waals surface area contributed by atoms with Crippen LogP contribution in [0.3, 0.4) is 0 Å². The summed E-state index contributed by atoms with van der Waals surface area (Å²) in [5.74, 6) is 0. The molecular formula is C29H34ClN5O3. The van der Waals surface area contributed by atoms with Crippen molar-refractivity contribution in [3.63, 3.8) is 0 Å². The first kappa shape index (κ1) is 26.4. The van der Waals surface area contributed by atoms with E-state index in [9.17, 15) is 9.90 Å². The second kappa shape index (κ2) is 9.84. The van der Waals surface area contributed by atoms with Gasteiger partial charge in [0.15, 0.2) is 0 Å². The van der Waals surface area contributed by atoms with Crippen LogP contribution >= 0.6 is 11.6 Å². The van der Waals surface area contributed by atoms with Gasteiger partial charge in [0.2, 0.25) is 0 Å². The van der Waals surface area contributed by atoms with Crippen molar-refractivity contribution in [3.8, 4) is 0 Å². The third-order valence-corrected chi connectivity index (χ3v) is 7.44. The van der Waals surface area contributed by atoms with Gasteiger partial charge in [-0.25, -0.2) is 9.78 Å². The molecule has 1 fully saturated rings. The average Bonchev–Trinajstić information content (AvgIpc) is 3.24. The molecule has 1 amide bonds. The zero-order valence-electron chi connectivity index (χ0n) is 22.5. The van der Waals surface area contributed by atoms with Crippen molar-refractivity contribution in [1.29, 1.82) is 0 Å². The second-order valence-electron chi connectivity index (χ2n) is 11.1. The molecule has 2 aliphatic rings. The van der Waals surface area contributed by atoms with Gasteiger partial charge in [-0.1, -0.05) is 23.7 Å². The highest BCUT2D eigenvalue weighted by Gasteiger charge is 2.39. The number of rotatable bonds is 3. The van der Waals surface area contributed by atoms with Gasteiger partial charge < -0.3 is 19.3 Å². The molecule has 8 nitrogen and oxygen atoms in total. The molecule has 0 unspecified atom stereocenters. The first-order valence-electron chi connectivity index (χ1n) is 12.8. The summed E-state index contributed by atoms with van der Waals surface area (Å²) < 4.78 is 7.43. The van der Waals surface area contributed by atoms with Crippen molar-refractivity contribution in [2.75, 3.05) is 26.2 Å². The van der Waals surface area contributed by atoms with Crippen molar-refractivity contribution in [2.45, 2.75) is 44.9 Å². The summed E-state index contributed by atoms with van der Waals surface area (Å²) in [6.07, 6.45) is 6.90. The number of nitrogens with zero attached hydrogens (tertiary/aromatic N) is 5. The van der Waals surface area contributed by atoms with Gasteiger partial charge in [-0.05, 0) is 74.2 Å². The summed E-state index contributed by atoms with van der Waals surface area (Å²) >= 11 is 6.54. The molecule has 0 spiro atoms. The Bertz CT molecular complexity index is 1380. The Kier molecular flexibility index (Phi) is 6.84. The molecule has 0 bridgehead atoms. The Labute approximate surface area is 228 Å². The maximum Gasteiger partial charge on any atom is 0.410 e. The van der Waals surface area contributed by atoms with Crippen LogP contribution in [0, 0.1) is 0 Å². The largest absolute Gasteiger partial charge is 0.444 e. The fourth-order valence-electron chi connectivity index (χ4n) is 5.39. The van der Waals surface area contributed by atoms with Crippen LogP contribution in [0.15, 0.2) is 49.1 Å². The lowest BCUT2D eigenvalue weighted by molar-refractivity contribution is 0.0117. The fourth-order valence-corrected chi connectivity index (χ4v) is 5.56. The van der Waals surface area contributed by atoms with Crippen molar-refractivity contribution < 1.29 is 14.6 Å². The quantitative estimate of drug-likeness (QED) is 0.515. The number of benzene rings is 1. The van der Waals surface area contributed by atoms with Gasteiger partial charge in [-0.2, -0.15) is 0 Å². The molecule has 3 heterocycles. The number of aromatic nitrogens is 3. The Morgan fingerprint density at radius 2 is 1.87 bits per heavy atom. The number of amides is 1. The minimum Gasteiger partial charge on any atom is -0.444 e. The number of ether oxygens (including phenoxy) is 1. The van der Waals surface area contributed by atoms with Gasteiger partial charge >= 0.3 is 6.09 Å². The summed E-state index contributed by atoms with van der Waals surface area (Å²) in [5, 5.41) is 12.6. The molecule has 1 N–H and O–H groups in total. The number of hydrogen-bond acceptors (Lipinski definition) is 6. The number of aryl methyl sites for hydroxylation is 1. The van der Waals surface area contributed by atoms with Crippen LogP contribution in [0.25, 0.3) is 11.6 Å². The van der Waals surface area contributed by atoms with Crippen LogP contribution in [0.2, 0.25) is 5.02 Å². The Hall–Kier alpha value is -3.20. The normalized spacial score (nSPS) is 19.6. The van der Waals surface area contributed by atoms with Gasteiger partial charge in [0, 0.05) is 44.4 Å². The standard InChI is InChI=1S/C29H34ClN5O3/c1-28(2,3)38-27(36)35-13-11-34(12-14-35)26-21-9-8-20(30)16-22(21)23(15-19-7-6-10-32-25(19)26)29(4,37)24-17-31-18-33(24)5/h6-10,15-18,26,37H,11-14H2,1-5H3/t26-,29+/m0/s1. The lowest BCUT2D eigenvalue weighted by Crippen LogP contribution is -2.51. The van der Waals surface area contributed by atoms with Crippen LogP contribution in [0.4, 0.5) is 4.79 Å². The number of aliphatic hydroxyl groups is 1. The lowest BCUT2D eigenvalue weighted by Gasteiger charge is -2.40. The number of piperazine rings is 1. The SMILES string of the molecule is Cn1cncc1[C@](C)(O)C1=Cc2cccnc2[C@@H](N2CCN(C(=O)OC(C)(C)C)CC2)c2ccc(Cl)cc21. The van der Waals surface area contributed by atoms with E-state index in [1.165, 1.54) is 0 Å². The first-order chi connectivity index (χ1) is 18.0. The van der Waals surface area contributed by atoms with Crippen LogP contribution in [0.1, 0.15) is 61.8 Å². The molecule has 2 atom stereocenters. The van der Waals surface area contributed by atoms with Crippen LogP contribution in [0.5, 0.6) is 0 Å². The topological polar surface area (TPSA) is 83.7 Å². The van der Waals surface area contributed by atoms with Crippen LogP contribution in [-0.4, -0.2) is 67.3 Å². The number of imidazole rings is 1. The molecule has 9 heteroatoms. The lowest BCUT2D eigenvalue weighted by atomic mass is 9.84. The predicted octanol–water partition coefficient (Wildman–Crippen LogP) is 4.87. The van der Waals surface area contributed by atoms with Crippen molar-refractivity contribution in [1.82, 2.24) is 24.3 Å². The molecule has 1 aliphatic heterocycles. The molecule has 0 saturated carbocycles. The van der Waals surface area contributed by atoms with Crippen LogP contribution < -0.4 is 0 Å². The minimum atomic E-state index is -1.35. The maximum atomic E-state index is 12.7. The number of halogens is 1. The summed E-state index contributed by atoms with van der Waals surface area (Å²) in [7, 11) is 1.87. The number of fused-ring (bicyclic) bond motifs is 2. The molecule has 5 rings (SSSR count). The highest BCUT2D eigenvalue weighted by atomic mass is 35.5.